The van der Waals surface area contributed by atoms with Gasteiger partial charge >= 0.3 is 0 Å². The lowest BCUT2D eigenvalue weighted by Crippen LogP contribution is -2.15. The fraction of sp³-hybridized carbons (Fsp3) is 0.636. The Hall–Kier alpha value is 0.130. The van der Waals surface area contributed by atoms with E-state index in [0.29, 0.717) is 0 Å². The van der Waals surface area contributed by atoms with Crippen molar-refractivity contribution < 1.29 is 0 Å². The van der Waals surface area contributed by atoms with E-state index in [1.165, 1.54) is 4.88 Å². The standard InChI is InChI=1S/C11H19PS/c1-8(2)12(9(3)4)11-6-7-13-10(11)5/h6-9H,1-5H3. The van der Waals surface area contributed by atoms with Crippen LogP contribution in [0.1, 0.15) is 32.6 Å². The van der Waals surface area contributed by atoms with Gasteiger partial charge in [0.05, 0.1) is 0 Å². The molecular weight excluding hydrogens is 195 g/mol. The van der Waals surface area contributed by atoms with Crippen LogP contribution < -0.4 is 5.30 Å². The molecule has 2 heteroatoms. The molecule has 0 saturated carbocycles. The molecule has 13 heavy (non-hydrogen) atoms. The highest BCUT2D eigenvalue weighted by Crippen LogP contribution is 2.46. The van der Waals surface area contributed by atoms with Gasteiger partial charge in [-0.3, -0.25) is 0 Å². The minimum Gasteiger partial charge on any atom is -0.149 e. The van der Waals surface area contributed by atoms with Crippen molar-refractivity contribution in [1.82, 2.24) is 0 Å². The lowest BCUT2D eigenvalue weighted by molar-refractivity contribution is 1.02. The third kappa shape index (κ3) is 2.54. The van der Waals surface area contributed by atoms with E-state index in [0.717, 1.165) is 11.3 Å². The van der Waals surface area contributed by atoms with E-state index in [-0.39, 0.29) is 7.92 Å². The summed E-state index contributed by atoms with van der Waals surface area (Å²) in [6.07, 6.45) is 0. The van der Waals surface area contributed by atoms with Crippen LogP contribution in [0, 0.1) is 6.92 Å². The summed E-state index contributed by atoms with van der Waals surface area (Å²) in [5.41, 5.74) is 1.62. The van der Waals surface area contributed by atoms with Crippen molar-refractivity contribution in [2.45, 2.75) is 45.9 Å². The topological polar surface area (TPSA) is 0 Å². The van der Waals surface area contributed by atoms with Crippen LogP contribution in [-0.2, 0) is 0 Å². The van der Waals surface area contributed by atoms with Crippen molar-refractivity contribution in [3.8, 4) is 0 Å². The van der Waals surface area contributed by atoms with Crippen LogP contribution in [-0.4, -0.2) is 11.3 Å². The summed E-state index contributed by atoms with van der Waals surface area (Å²) in [7, 11) is 0.0529. The van der Waals surface area contributed by atoms with Crippen molar-refractivity contribution >= 4 is 24.6 Å². The SMILES string of the molecule is Cc1sccc1P(C(C)C)C(C)C. The molecule has 0 atom stereocenters. The van der Waals surface area contributed by atoms with Crippen LogP contribution in [0.2, 0.25) is 0 Å². The highest BCUT2D eigenvalue weighted by Gasteiger charge is 2.20. The molecule has 0 aliphatic rings. The van der Waals surface area contributed by atoms with Gasteiger partial charge in [0.2, 0.25) is 0 Å². The molecule has 0 nitrogen and oxygen atoms in total. The Labute approximate surface area is 87.1 Å². The Morgan fingerprint density at radius 2 is 1.69 bits per heavy atom. The molecule has 0 aliphatic carbocycles. The second kappa shape index (κ2) is 4.57. The van der Waals surface area contributed by atoms with E-state index in [9.17, 15) is 0 Å². The fourth-order valence-corrected chi connectivity index (χ4v) is 5.89. The Balaban J connectivity index is 2.95. The molecule has 0 radical (unpaired) electrons. The summed E-state index contributed by atoms with van der Waals surface area (Å²) in [6, 6.07) is 2.33. The molecule has 0 bridgehead atoms. The maximum absolute atomic E-state index is 2.35. The lowest BCUT2D eigenvalue weighted by atomic mass is 10.5. The predicted molar refractivity (Wildman–Crippen MR) is 65.9 cm³/mol. The normalized spacial score (nSPS) is 12.0. The molecule has 1 aromatic heterocycles. The minimum absolute atomic E-state index is 0.0529. The molecule has 1 rings (SSSR count). The molecule has 0 saturated heterocycles. The molecule has 0 aromatic carbocycles. The highest BCUT2D eigenvalue weighted by molar-refractivity contribution is 7.67. The van der Waals surface area contributed by atoms with E-state index < -0.39 is 0 Å². The number of thiophene rings is 1. The Morgan fingerprint density at radius 3 is 2.00 bits per heavy atom. The van der Waals surface area contributed by atoms with E-state index in [2.05, 4.69) is 46.1 Å². The van der Waals surface area contributed by atoms with Gasteiger partial charge in [-0.05, 0) is 35.0 Å². The largest absolute Gasteiger partial charge is 0.149 e. The molecule has 0 spiro atoms. The van der Waals surface area contributed by atoms with Gasteiger partial charge in [-0.2, -0.15) is 0 Å². The first-order valence-electron chi connectivity index (χ1n) is 4.86. The number of aryl methyl sites for hydroxylation is 1. The first-order chi connectivity index (χ1) is 6.04. The Kier molecular flexibility index (Phi) is 3.94. The number of rotatable bonds is 3. The van der Waals surface area contributed by atoms with Gasteiger partial charge in [0, 0.05) is 4.88 Å². The molecule has 74 valence electrons. The van der Waals surface area contributed by atoms with Gasteiger partial charge in [-0.25, -0.2) is 0 Å². The molecular formula is C11H19PS. The van der Waals surface area contributed by atoms with Crippen LogP contribution >= 0.6 is 19.3 Å². The zero-order valence-corrected chi connectivity index (χ0v) is 10.9. The number of hydrogen-bond donors (Lipinski definition) is 0. The average Bonchev–Trinajstić information content (AvgIpc) is 2.35. The van der Waals surface area contributed by atoms with Crippen molar-refractivity contribution in [3.63, 3.8) is 0 Å². The average molecular weight is 214 g/mol. The minimum atomic E-state index is 0.0529. The fourth-order valence-electron chi connectivity index (χ4n) is 1.80. The Bertz CT molecular complexity index is 255. The summed E-state index contributed by atoms with van der Waals surface area (Å²) in [5.74, 6) is 0. The molecule has 1 heterocycles. The van der Waals surface area contributed by atoms with Crippen LogP contribution in [0.15, 0.2) is 11.4 Å². The van der Waals surface area contributed by atoms with Gasteiger partial charge in [-0.1, -0.05) is 35.6 Å². The molecule has 0 aliphatic heterocycles. The van der Waals surface area contributed by atoms with Crippen LogP contribution in [0.5, 0.6) is 0 Å². The monoisotopic (exact) mass is 214 g/mol. The molecule has 0 amide bonds. The van der Waals surface area contributed by atoms with Crippen molar-refractivity contribution in [2.24, 2.45) is 0 Å². The van der Waals surface area contributed by atoms with E-state index >= 15 is 0 Å². The molecule has 0 fully saturated rings. The zero-order valence-electron chi connectivity index (χ0n) is 9.16. The summed E-state index contributed by atoms with van der Waals surface area (Å²) in [5, 5.41) is 3.86. The number of hydrogen-bond acceptors (Lipinski definition) is 1. The summed E-state index contributed by atoms with van der Waals surface area (Å²) >= 11 is 1.88. The van der Waals surface area contributed by atoms with Crippen LogP contribution in [0.4, 0.5) is 0 Å². The molecule has 0 N–H and O–H groups in total. The van der Waals surface area contributed by atoms with Gasteiger partial charge in [0.1, 0.15) is 0 Å². The smallest absolute Gasteiger partial charge is 0.00911 e. The maximum atomic E-state index is 2.35. The quantitative estimate of drug-likeness (QED) is 0.668. The first-order valence-corrected chi connectivity index (χ1v) is 7.22. The molecule has 0 unspecified atom stereocenters. The van der Waals surface area contributed by atoms with Gasteiger partial charge in [0.25, 0.3) is 0 Å². The van der Waals surface area contributed by atoms with Crippen molar-refractivity contribution in [2.75, 3.05) is 0 Å². The summed E-state index contributed by atoms with van der Waals surface area (Å²) < 4.78 is 0. The zero-order chi connectivity index (χ0) is 10.0. The highest BCUT2D eigenvalue weighted by atomic mass is 32.1. The third-order valence-electron chi connectivity index (χ3n) is 2.22. The first kappa shape index (κ1) is 11.2. The van der Waals surface area contributed by atoms with E-state index in [1.807, 2.05) is 11.3 Å². The van der Waals surface area contributed by atoms with E-state index in [4.69, 9.17) is 0 Å². The van der Waals surface area contributed by atoms with Crippen molar-refractivity contribution in [1.29, 1.82) is 0 Å². The predicted octanol–water partition coefficient (Wildman–Crippen LogP) is 3.98. The van der Waals surface area contributed by atoms with Crippen molar-refractivity contribution in [3.05, 3.63) is 16.3 Å². The van der Waals surface area contributed by atoms with Crippen LogP contribution in [0.3, 0.4) is 0 Å². The second-order valence-corrected chi connectivity index (χ2v) is 8.44. The third-order valence-corrected chi connectivity index (χ3v) is 6.49. The lowest BCUT2D eigenvalue weighted by Gasteiger charge is -2.25. The Morgan fingerprint density at radius 1 is 1.15 bits per heavy atom. The molecule has 1 aromatic rings. The van der Waals surface area contributed by atoms with Gasteiger partial charge in [0.15, 0.2) is 0 Å². The van der Waals surface area contributed by atoms with Gasteiger partial charge in [-0.15, -0.1) is 11.3 Å². The second-order valence-electron chi connectivity index (χ2n) is 3.96. The maximum Gasteiger partial charge on any atom is 0.00911 e. The summed E-state index contributed by atoms with van der Waals surface area (Å²) in [4.78, 5) is 1.52. The summed E-state index contributed by atoms with van der Waals surface area (Å²) in [6.45, 7) is 11.7. The van der Waals surface area contributed by atoms with E-state index in [1.54, 1.807) is 5.30 Å². The van der Waals surface area contributed by atoms with Gasteiger partial charge < -0.3 is 0 Å². The van der Waals surface area contributed by atoms with Crippen LogP contribution in [0.25, 0.3) is 0 Å².